The molecule has 1 amide bonds. The van der Waals surface area contributed by atoms with Crippen LogP contribution in [0, 0.1) is 6.92 Å². The molecule has 1 heterocycles. The largest absolute Gasteiger partial charge is 0.416 e. The molecular weight excluding hydrogens is 443 g/mol. The summed E-state index contributed by atoms with van der Waals surface area (Å²) in [5.74, 6) is -0.0783. The summed E-state index contributed by atoms with van der Waals surface area (Å²) in [6.07, 6.45) is -1.05. The minimum absolute atomic E-state index is 0.0306. The maximum atomic E-state index is 13.2. The van der Waals surface area contributed by atoms with Gasteiger partial charge in [-0.25, -0.2) is 4.68 Å². The van der Waals surface area contributed by atoms with Crippen molar-refractivity contribution in [3.63, 3.8) is 0 Å². The Morgan fingerprint density at radius 3 is 2.32 bits per heavy atom. The first kappa shape index (κ1) is 23.7. The minimum atomic E-state index is -4.51. The molecule has 178 valence electrons. The number of amides is 1. The average Bonchev–Trinajstić information content (AvgIpc) is 2.83. The second-order valence-electron chi connectivity index (χ2n) is 8.79. The van der Waals surface area contributed by atoms with Crippen molar-refractivity contribution in [2.75, 3.05) is 7.05 Å². The van der Waals surface area contributed by atoms with Gasteiger partial charge in [0.1, 0.15) is 0 Å². The van der Waals surface area contributed by atoms with Gasteiger partial charge in [0.2, 0.25) is 5.43 Å². The van der Waals surface area contributed by atoms with Gasteiger partial charge in [0.15, 0.2) is 5.69 Å². The number of aryl methyl sites for hydroxylation is 1. The number of alkyl halides is 3. The summed E-state index contributed by atoms with van der Waals surface area (Å²) in [5.41, 5.74) is 0.0923. The molecule has 1 saturated carbocycles. The molecule has 34 heavy (non-hydrogen) atoms. The van der Waals surface area contributed by atoms with Gasteiger partial charge in [-0.1, -0.05) is 36.4 Å². The molecule has 4 rings (SSSR count). The summed E-state index contributed by atoms with van der Waals surface area (Å²) < 4.78 is 40.7. The van der Waals surface area contributed by atoms with E-state index in [4.69, 9.17) is 0 Å². The molecule has 0 atom stereocenters. The van der Waals surface area contributed by atoms with Crippen molar-refractivity contribution in [3.8, 4) is 5.69 Å². The highest BCUT2D eigenvalue weighted by Gasteiger charge is 2.32. The van der Waals surface area contributed by atoms with Crippen LogP contribution in [0.1, 0.15) is 58.9 Å². The molecule has 1 aliphatic carbocycles. The third-order valence-corrected chi connectivity index (χ3v) is 6.56. The molecule has 1 fully saturated rings. The number of hydrogen-bond donors (Lipinski definition) is 0. The topological polar surface area (TPSA) is 55.2 Å². The van der Waals surface area contributed by atoms with Gasteiger partial charge in [-0.15, -0.1) is 0 Å². The number of halogens is 3. The Hall–Kier alpha value is -3.42. The van der Waals surface area contributed by atoms with Crippen molar-refractivity contribution in [3.05, 3.63) is 93.4 Å². The van der Waals surface area contributed by atoms with E-state index in [1.807, 2.05) is 18.2 Å². The first-order chi connectivity index (χ1) is 16.1. The molecular formula is C26H26F3N3O2. The van der Waals surface area contributed by atoms with E-state index in [-0.39, 0.29) is 17.4 Å². The van der Waals surface area contributed by atoms with Crippen molar-refractivity contribution in [1.29, 1.82) is 0 Å². The zero-order valence-corrected chi connectivity index (χ0v) is 19.0. The van der Waals surface area contributed by atoms with E-state index in [1.54, 1.807) is 18.9 Å². The fourth-order valence-electron chi connectivity index (χ4n) is 4.63. The molecule has 0 aliphatic heterocycles. The van der Waals surface area contributed by atoms with Crippen LogP contribution in [0.15, 0.2) is 65.5 Å². The zero-order chi connectivity index (χ0) is 24.5. The van der Waals surface area contributed by atoms with Crippen molar-refractivity contribution in [1.82, 2.24) is 14.7 Å². The molecule has 0 bridgehead atoms. The van der Waals surface area contributed by atoms with Crippen LogP contribution in [0.2, 0.25) is 0 Å². The molecule has 2 aromatic carbocycles. The number of carbonyl (C=O) groups excluding carboxylic acids is 1. The normalized spacial score (nSPS) is 18.5. The quantitative estimate of drug-likeness (QED) is 0.517. The van der Waals surface area contributed by atoms with Crippen LogP contribution < -0.4 is 5.43 Å². The maximum absolute atomic E-state index is 13.2. The van der Waals surface area contributed by atoms with E-state index in [0.717, 1.165) is 37.8 Å². The van der Waals surface area contributed by atoms with Gasteiger partial charge in [0.05, 0.1) is 11.3 Å². The Labute approximate surface area is 195 Å². The van der Waals surface area contributed by atoms with Gasteiger partial charge in [0.25, 0.3) is 5.91 Å². The second-order valence-corrected chi connectivity index (χ2v) is 8.79. The molecule has 1 aromatic heterocycles. The van der Waals surface area contributed by atoms with Crippen LogP contribution in [-0.2, 0) is 6.18 Å². The Morgan fingerprint density at radius 1 is 1.00 bits per heavy atom. The third-order valence-electron chi connectivity index (χ3n) is 6.56. The van der Waals surface area contributed by atoms with Crippen molar-refractivity contribution >= 4 is 5.91 Å². The van der Waals surface area contributed by atoms with Crippen LogP contribution in [0.25, 0.3) is 5.69 Å². The highest BCUT2D eigenvalue weighted by molar-refractivity contribution is 5.92. The zero-order valence-electron chi connectivity index (χ0n) is 19.0. The molecule has 0 radical (unpaired) electrons. The van der Waals surface area contributed by atoms with Crippen LogP contribution >= 0.6 is 0 Å². The number of hydrogen-bond acceptors (Lipinski definition) is 3. The Bertz CT molecular complexity index is 1230. The van der Waals surface area contributed by atoms with E-state index >= 15 is 0 Å². The van der Waals surface area contributed by atoms with Crippen molar-refractivity contribution in [2.24, 2.45) is 0 Å². The Balaban J connectivity index is 1.55. The first-order valence-corrected chi connectivity index (χ1v) is 11.3. The van der Waals surface area contributed by atoms with E-state index in [0.29, 0.717) is 11.6 Å². The third kappa shape index (κ3) is 4.90. The lowest BCUT2D eigenvalue weighted by atomic mass is 9.81. The van der Waals surface area contributed by atoms with E-state index < -0.39 is 23.1 Å². The number of carbonyl (C=O) groups is 1. The van der Waals surface area contributed by atoms with Gasteiger partial charge < -0.3 is 4.90 Å². The number of nitrogens with zero attached hydrogens (tertiary/aromatic N) is 3. The lowest BCUT2D eigenvalue weighted by Crippen LogP contribution is -2.42. The lowest BCUT2D eigenvalue weighted by molar-refractivity contribution is -0.137. The molecule has 0 unspecified atom stereocenters. The summed E-state index contributed by atoms with van der Waals surface area (Å²) in [6, 6.07) is 16.1. The summed E-state index contributed by atoms with van der Waals surface area (Å²) >= 11 is 0. The Morgan fingerprint density at radius 2 is 1.68 bits per heavy atom. The van der Waals surface area contributed by atoms with Crippen molar-refractivity contribution < 1.29 is 18.0 Å². The van der Waals surface area contributed by atoms with Crippen LogP contribution in [0.3, 0.4) is 0 Å². The summed E-state index contributed by atoms with van der Waals surface area (Å²) in [6.45, 7) is 1.57. The molecule has 3 aromatic rings. The Kier molecular flexibility index (Phi) is 6.59. The first-order valence-electron chi connectivity index (χ1n) is 11.3. The molecule has 0 saturated heterocycles. The maximum Gasteiger partial charge on any atom is 0.416 e. The van der Waals surface area contributed by atoms with Gasteiger partial charge in [0, 0.05) is 24.8 Å². The molecule has 0 spiro atoms. The molecule has 5 nitrogen and oxygen atoms in total. The van der Waals surface area contributed by atoms with Gasteiger partial charge in [-0.3, -0.25) is 9.59 Å². The van der Waals surface area contributed by atoms with Crippen LogP contribution in [0.4, 0.5) is 13.2 Å². The van der Waals surface area contributed by atoms with E-state index in [9.17, 15) is 22.8 Å². The highest BCUT2D eigenvalue weighted by Crippen LogP contribution is 2.34. The minimum Gasteiger partial charge on any atom is -0.337 e. The highest BCUT2D eigenvalue weighted by atomic mass is 19.4. The van der Waals surface area contributed by atoms with E-state index in [1.165, 1.54) is 28.4 Å². The number of rotatable bonds is 4. The predicted octanol–water partition coefficient (Wildman–Crippen LogP) is 5.36. The fourth-order valence-corrected chi connectivity index (χ4v) is 4.63. The van der Waals surface area contributed by atoms with Crippen molar-refractivity contribution in [2.45, 2.75) is 50.7 Å². The van der Waals surface area contributed by atoms with Gasteiger partial charge in [-0.2, -0.15) is 18.3 Å². The number of benzene rings is 2. The molecule has 8 heteroatoms. The SMILES string of the molecule is Cc1cc(=O)c(C(=O)N(C)C2CCC(c3ccccc3)CC2)nn1-c1cccc(C(F)(F)F)c1. The lowest BCUT2D eigenvalue weighted by Gasteiger charge is -2.34. The van der Waals surface area contributed by atoms with Crippen LogP contribution in [-0.4, -0.2) is 33.7 Å². The van der Waals surface area contributed by atoms with E-state index in [2.05, 4.69) is 17.2 Å². The second kappa shape index (κ2) is 9.44. The average molecular weight is 470 g/mol. The van der Waals surface area contributed by atoms with Crippen LogP contribution in [0.5, 0.6) is 0 Å². The standard InChI is InChI=1S/C26H26F3N3O2/c1-17-15-23(33)24(30-32(17)22-10-6-9-20(16-22)26(27,28)29)25(34)31(2)21-13-11-19(12-14-21)18-7-4-3-5-8-18/h3-10,15-16,19,21H,11-14H2,1-2H3. The monoisotopic (exact) mass is 469 g/mol. The summed E-state index contributed by atoms with van der Waals surface area (Å²) in [4.78, 5) is 27.4. The van der Waals surface area contributed by atoms with Gasteiger partial charge >= 0.3 is 6.18 Å². The van der Waals surface area contributed by atoms with Gasteiger partial charge in [-0.05, 0) is 62.3 Å². The summed E-state index contributed by atoms with van der Waals surface area (Å²) in [5, 5.41) is 4.19. The number of aromatic nitrogens is 2. The molecule has 0 N–H and O–H groups in total. The smallest absolute Gasteiger partial charge is 0.337 e. The predicted molar refractivity (Wildman–Crippen MR) is 123 cm³/mol. The fraction of sp³-hybridized carbons (Fsp3) is 0.346. The molecule has 1 aliphatic rings. The summed E-state index contributed by atoms with van der Waals surface area (Å²) in [7, 11) is 1.66.